The van der Waals surface area contributed by atoms with E-state index in [1.165, 1.54) is 0 Å². The van der Waals surface area contributed by atoms with E-state index in [1.54, 1.807) is 30.6 Å². The molecule has 2 heterocycles. The predicted octanol–water partition coefficient (Wildman–Crippen LogP) is 3.26. The van der Waals surface area contributed by atoms with Crippen molar-refractivity contribution >= 4 is 35.0 Å². The number of hydrogen-bond donors (Lipinski definition) is 3. The summed E-state index contributed by atoms with van der Waals surface area (Å²) in [6.45, 7) is 1.91. The Balaban J connectivity index is 0.00000176. The maximum atomic E-state index is 12.3. The Morgan fingerprint density at radius 3 is 2.64 bits per heavy atom. The molecule has 5 nitrogen and oxygen atoms in total. The van der Waals surface area contributed by atoms with Crippen molar-refractivity contribution in [3.05, 3.63) is 59.9 Å². The molecule has 1 aromatic carbocycles. The van der Waals surface area contributed by atoms with Crippen molar-refractivity contribution in [2.45, 2.75) is 13.0 Å². The molecule has 0 aliphatic heterocycles. The van der Waals surface area contributed by atoms with Gasteiger partial charge in [-0.05, 0) is 36.8 Å². The molecule has 114 valence electrons. The molecular formula is C16H17ClN4O. The van der Waals surface area contributed by atoms with Crippen LogP contribution in [0.3, 0.4) is 0 Å². The molecule has 22 heavy (non-hydrogen) atoms. The van der Waals surface area contributed by atoms with E-state index in [2.05, 4.69) is 15.3 Å². The molecule has 0 aliphatic rings. The van der Waals surface area contributed by atoms with Crippen LogP contribution in [0, 0.1) is 0 Å². The Labute approximate surface area is 134 Å². The lowest BCUT2D eigenvalue weighted by Gasteiger charge is -2.08. The van der Waals surface area contributed by atoms with E-state index in [0.717, 1.165) is 22.3 Å². The SMILES string of the molecule is C[C@@H](N)c1ccc(C(=O)Nc2ccnc3[nH]ccc23)cc1.Cl. The summed E-state index contributed by atoms with van der Waals surface area (Å²) < 4.78 is 0. The number of nitrogens with one attached hydrogen (secondary N) is 2. The normalized spacial score (nSPS) is 11.7. The van der Waals surface area contributed by atoms with Gasteiger partial charge < -0.3 is 16.0 Å². The summed E-state index contributed by atoms with van der Waals surface area (Å²) in [7, 11) is 0. The Morgan fingerprint density at radius 1 is 1.23 bits per heavy atom. The van der Waals surface area contributed by atoms with Gasteiger partial charge in [0.15, 0.2) is 0 Å². The van der Waals surface area contributed by atoms with Gasteiger partial charge in [0.05, 0.1) is 5.69 Å². The summed E-state index contributed by atoms with van der Waals surface area (Å²) in [5, 5.41) is 3.79. The second-order valence-corrected chi connectivity index (χ2v) is 4.96. The zero-order chi connectivity index (χ0) is 14.8. The average molecular weight is 317 g/mol. The summed E-state index contributed by atoms with van der Waals surface area (Å²) in [4.78, 5) is 19.5. The first kappa shape index (κ1) is 16.0. The van der Waals surface area contributed by atoms with Crippen molar-refractivity contribution in [2.75, 3.05) is 5.32 Å². The molecule has 0 fully saturated rings. The van der Waals surface area contributed by atoms with Gasteiger partial charge in [-0.1, -0.05) is 12.1 Å². The Hall–Kier alpha value is -2.37. The van der Waals surface area contributed by atoms with Crippen molar-refractivity contribution in [1.82, 2.24) is 9.97 Å². The first-order chi connectivity index (χ1) is 10.1. The lowest BCUT2D eigenvalue weighted by atomic mass is 10.1. The van der Waals surface area contributed by atoms with Crippen LogP contribution in [-0.2, 0) is 0 Å². The third-order valence-electron chi connectivity index (χ3n) is 3.41. The molecule has 0 unspecified atom stereocenters. The van der Waals surface area contributed by atoms with E-state index in [9.17, 15) is 4.79 Å². The Kier molecular flexibility index (Phi) is 4.80. The number of amides is 1. The van der Waals surface area contributed by atoms with Crippen molar-refractivity contribution in [3.63, 3.8) is 0 Å². The van der Waals surface area contributed by atoms with Crippen LogP contribution in [0.15, 0.2) is 48.8 Å². The summed E-state index contributed by atoms with van der Waals surface area (Å²) in [6.07, 6.45) is 3.46. The van der Waals surface area contributed by atoms with Crippen LogP contribution in [0.1, 0.15) is 28.9 Å². The van der Waals surface area contributed by atoms with E-state index in [-0.39, 0.29) is 24.4 Å². The number of nitrogens with zero attached hydrogens (tertiary/aromatic N) is 1. The number of pyridine rings is 1. The lowest BCUT2D eigenvalue weighted by molar-refractivity contribution is 0.102. The topological polar surface area (TPSA) is 83.8 Å². The van der Waals surface area contributed by atoms with Crippen molar-refractivity contribution in [2.24, 2.45) is 5.73 Å². The van der Waals surface area contributed by atoms with Gasteiger partial charge in [0, 0.05) is 29.4 Å². The smallest absolute Gasteiger partial charge is 0.255 e. The van der Waals surface area contributed by atoms with Crippen LogP contribution >= 0.6 is 12.4 Å². The number of carbonyl (C=O) groups excluding carboxylic acids is 1. The quantitative estimate of drug-likeness (QED) is 0.693. The molecule has 2 aromatic heterocycles. The molecule has 0 saturated carbocycles. The van der Waals surface area contributed by atoms with Gasteiger partial charge in [-0.25, -0.2) is 4.98 Å². The number of carbonyl (C=O) groups is 1. The number of H-pyrrole nitrogens is 1. The predicted molar refractivity (Wildman–Crippen MR) is 90.3 cm³/mol. The van der Waals surface area contributed by atoms with Crippen LogP contribution in [0.5, 0.6) is 0 Å². The molecular weight excluding hydrogens is 300 g/mol. The highest BCUT2D eigenvalue weighted by Crippen LogP contribution is 2.21. The number of anilines is 1. The standard InChI is InChI=1S/C16H16N4O.ClH/c1-10(17)11-2-4-12(5-3-11)16(21)20-14-7-9-19-15-13(14)6-8-18-15;/h2-10H,17H2,1H3,(H2,18,19,20,21);1H/t10-;/m1./s1. The number of halogens is 1. The van der Waals surface area contributed by atoms with Gasteiger partial charge in [-0.2, -0.15) is 0 Å². The van der Waals surface area contributed by atoms with Crippen LogP contribution < -0.4 is 11.1 Å². The monoisotopic (exact) mass is 316 g/mol. The molecule has 1 atom stereocenters. The minimum atomic E-state index is -0.153. The molecule has 0 saturated heterocycles. The minimum Gasteiger partial charge on any atom is -0.346 e. The van der Waals surface area contributed by atoms with Gasteiger partial charge in [0.2, 0.25) is 0 Å². The highest BCUT2D eigenvalue weighted by atomic mass is 35.5. The van der Waals surface area contributed by atoms with E-state index >= 15 is 0 Å². The maximum Gasteiger partial charge on any atom is 0.255 e. The second-order valence-electron chi connectivity index (χ2n) is 4.96. The molecule has 0 bridgehead atoms. The first-order valence-electron chi connectivity index (χ1n) is 6.74. The van der Waals surface area contributed by atoms with Gasteiger partial charge in [-0.15, -0.1) is 12.4 Å². The van der Waals surface area contributed by atoms with Crippen LogP contribution in [-0.4, -0.2) is 15.9 Å². The summed E-state index contributed by atoms with van der Waals surface area (Å²) in [6, 6.07) is 10.9. The molecule has 0 spiro atoms. The number of rotatable bonds is 3. The number of benzene rings is 1. The van der Waals surface area contributed by atoms with Crippen molar-refractivity contribution < 1.29 is 4.79 Å². The number of nitrogens with two attached hydrogens (primary N) is 1. The van der Waals surface area contributed by atoms with E-state index < -0.39 is 0 Å². The molecule has 6 heteroatoms. The maximum absolute atomic E-state index is 12.3. The summed E-state index contributed by atoms with van der Waals surface area (Å²) >= 11 is 0. The Morgan fingerprint density at radius 2 is 1.95 bits per heavy atom. The fourth-order valence-electron chi connectivity index (χ4n) is 2.20. The molecule has 3 aromatic rings. The highest BCUT2D eigenvalue weighted by molar-refractivity contribution is 6.08. The lowest BCUT2D eigenvalue weighted by Crippen LogP contribution is -2.12. The average Bonchev–Trinajstić information content (AvgIpc) is 2.97. The van der Waals surface area contributed by atoms with E-state index in [1.807, 2.05) is 25.1 Å². The second kappa shape index (κ2) is 6.60. The minimum absolute atomic E-state index is 0. The fourth-order valence-corrected chi connectivity index (χ4v) is 2.20. The van der Waals surface area contributed by atoms with Gasteiger partial charge >= 0.3 is 0 Å². The number of aromatic nitrogens is 2. The number of hydrogen-bond acceptors (Lipinski definition) is 3. The van der Waals surface area contributed by atoms with Gasteiger partial charge in [0.25, 0.3) is 5.91 Å². The molecule has 0 radical (unpaired) electrons. The number of aromatic amines is 1. The third-order valence-corrected chi connectivity index (χ3v) is 3.41. The summed E-state index contributed by atoms with van der Waals surface area (Å²) in [5.41, 5.74) is 8.89. The molecule has 0 aliphatic carbocycles. The van der Waals surface area contributed by atoms with Gasteiger partial charge in [0.1, 0.15) is 5.65 Å². The Bertz CT molecular complexity index is 780. The highest BCUT2D eigenvalue weighted by Gasteiger charge is 2.09. The van der Waals surface area contributed by atoms with Gasteiger partial charge in [-0.3, -0.25) is 4.79 Å². The number of fused-ring (bicyclic) bond motifs is 1. The van der Waals surface area contributed by atoms with Crippen LogP contribution in [0.4, 0.5) is 5.69 Å². The van der Waals surface area contributed by atoms with E-state index in [4.69, 9.17) is 5.73 Å². The molecule has 3 rings (SSSR count). The zero-order valence-electron chi connectivity index (χ0n) is 12.0. The van der Waals surface area contributed by atoms with Crippen molar-refractivity contribution in [1.29, 1.82) is 0 Å². The summed E-state index contributed by atoms with van der Waals surface area (Å²) in [5.74, 6) is -0.153. The van der Waals surface area contributed by atoms with E-state index in [0.29, 0.717) is 5.56 Å². The van der Waals surface area contributed by atoms with Crippen molar-refractivity contribution in [3.8, 4) is 0 Å². The third kappa shape index (κ3) is 3.10. The first-order valence-corrected chi connectivity index (χ1v) is 6.74. The molecule has 4 N–H and O–H groups in total. The van der Waals surface area contributed by atoms with Crippen LogP contribution in [0.2, 0.25) is 0 Å². The zero-order valence-corrected chi connectivity index (χ0v) is 12.9. The largest absolute Gasteiger partial charge is 0.346 e. The molecule has 1 amide bonds. The fraction of sp³-hybridized carbons (Fsp3) is 0.125. The van der Waals surface area contributed by atoms with Crippen LogP contribution in [0.25, 0.3) is 11.0 Å².